The van der Waals surface area contributed by atoms with Crippen LogP contribution in [0.2, 0.25) is 0 Å². The van der Waals surface area contributed by atoms with E-state index in [1.54, 1.807) is 6.07 Å². The summed E-state index contributed by atoms with van der Waals surface area (Å²) in [7, 11) is 0. The van der Waals surface area contributed by atoms with E-state index in [1.807, 2.05) is 10.6 Å². The lowest BCUT2D eigenvalue weighted by atomic mass is 10.1. The largest absolute Gasteiger partial charge is 0.312 e. The van der Waals surface area contributed by atoms with Gasteiger partial charge in [0.1, 0.15) is 0 Å². The standard InChI is InChI=1S/C16H24N2O/c1-2-10-17-14(12-6-7-12)11-18-15-5-3-4-13(15)8-9-16(18)19/h8-9,12,14,17H,2-7,10-11H2,1H3. The minimum atomic E-state index is 0.185. The van der Waals surface area contributed by atoms with Gasteiger partial charge in [-0.1, -0.05) is 13.0 Å². The minimum absolute atomic E-state index is 0.185. The van der Waals surface area contributed by atoms with Crippen LogP contribution in [0, 0.1) is 5.92 Å². The quantitative estimate of drug-likeness (QED) is 0.850. The third-order valence-electron chi connectivity index (χ3n) is 4.48. The van der Waals surface area contributed by atoms with Crippen molar-refractivity contribution in [1.29, 1.82) is 0 Å². The molecule has 104 valence electrons. The summed E-state index contributed by atoms with van der Waals surface area (Å²) in [4.78, 5) is 12.2. The van der Waals surface area contributed by atoms with Gasteiger partial charge in [-0.05, 0) is 56.6 Å². The van der Waals surface area contributed by atoms with Gasteiger partial charge >= 0.3 is 0 Å². The summed E-state index contributed by atoms with van der Waals surface area (Å²) in [6.07, 6.45) is 7.24. The molecule has 3 rings (SSSR count). The summed E-state index contributed by atoms with van der Waals surface area (Å²) in [5.74, 6) is 0.788. The topological polar surface area (TPSA) is 34.0 Å². The highest BCUT2D eigenvalue weighted by atomic mass is 16.1. The van der Waals surface area contributed by atoms with E-state index in [1.165, 1.54) is 30.5 Å². The summed E-state index contributed by atoms with van der Waals surface area (Å²) in [6.45, 7) is 4.13. The van der Waals surface area contributed by atoms with Gasteiger partial charge in [0.25, 0.3) is 5.56 Å². The van der Waals surface area contributed by atoms with Crippen LogP contribution < -0.4 is 10.9 Å². The lowest BCUT2D eigenvalue weighted by molar-refractivity contribution is 0.397. The van der Waals surface area contributed by atoms with Crippen LogP contribution in [0.25, 0.3) is 0 Å². The number of hydrogen-bond acceptors (Lipinski definition) is 2. The Morgan fingerprint density at radius 3 is 2.95 bits per heavy atom. The van der Waals surface area contributed by atoms with E-state index >= 15 is 0 Å². The Balaban J connectivity index is 1.81. The second kappa shape index (κ2) is 5.49. The zero-order valence-electron chi connectivity index (χ0n) is 11.8. The fourth-order valence-electron chi connectivity index (χ4n) is 3.24. The van der Waals surface area contributed by atoms with Gasteiger partial charge in [-0.3, -0.25) is 4.79 Å². The molecule has 0 spiro atoms. The van der Waals surface area contributed by atoms with Crippen LogP contribution in [0.15, 0.2) is 16.9 Å². The first-order valence-electron chi connectivity index (χ1n) is 7.74. The number of hydrogen-bond donors (Lipinski definition) is 1. The molecule has 1 N–H and O–H groups in total. The molecule has 0 amide bonds. The predicted octanol–water partition coefficient (Wildman–Crippen LogP) is 2.12. The van der Waals surface area contributed by atoms with Crippen molar-refractivity contribution in [3.63, 3.8) is 0 Å². The number of nitrogens with one attached hydrogen (secondary N) is 1. The van der Waals surface area contributed by atoms with Crippen molar-refractivity contribution in [2.45, 2.75) is 58.0 Å². The van der Waals surface area contributed by atoms with E-state index < -0.39 is 0 Å². The summed E-state index contributed by atoms with van der Waals surface area (Å²) in [5.41, 5.74) is 2.88. The van der Waals surface area contributed by atoms with Crippen molar-refractivity contribution in [3.05, 3.63) is 33.7 Å². The molecule has 0 aromatic carbocycles. The molecule has 1 atom stereocenters. The van der Waals surface area contributed by atoms with Crippen LogP contribution in [-0.2, 0) is 19.4 Å². The maximum Gasteiger partial charge on any atom is 0.250 e. The number of fused-ring (bicyclic) bond motifs is 1. The van der Waals surface area contributed by atoms with Gasteiger partial charge in [0.15, 0.2) is 0 Å². The average Bonchev–Trinajstić information content (AvgIpc) is 3.14. The number of aryl methyl sites for hydroxylation is 1. The van der Waals surface area contributed by atoms with E-state index in [-0.39, 0.29) is 5.56 Å². The van der Waals surface area contributed by atoms with Crippen molar-refractivity contribution in [2.24, 2.45) is 5.92 Å². The molecule has 3 nitrogen and oxygen atoms in total. The lowest BCUT2D eigenvalue weighted by Gasteiger charge is -2.21. The average molecular weight is 260 g/mol. The molecule has 1 fully saturated rings. The molecule has 2 aliphatic carbocycles. The molecule has 1 heterocycles. The van der Waals surface area contributed by atoms with Crippen LogP contribution in [0.3, 0.4) is 0 Å². The van der Waals surface area contributed by atoms with Crippen LogP contribution >= 0.6 is 0 Å². The van der Waals surface area contributed by atoms with Gasteiger partial charge in [0, 0.05) is 24.3 Å². The molecule has 1 saturated carbocycles. The Morgan fingerprint density at radius 1 is 1.37 bits per heavy atom. The van der Waals surface area contributed by atoms with Gasteiger partial charge in [-0.25, -0.2) is 0 Å². The molecule has 0 bridgehead atoms. The predicted molar refractivity (Wildman–Crippen MR) is 77.5 cm³/mol. The molecule has 1 unspecified atom stereocenters. The number of aromatic nitrogens is 1. The number of nitrogens with zero attached hydrogens (tertiary/aromatic N) is 1. The zero-order chi connectivity index (χ0) is 13.2. The fraction of sp³-hybridized carbons (Fsp3) is 0.688. The maximum atomic E-state index is 12.2. The third-order valence-corrected chi connectivity index (χ3v) is 4.48. The first kappa shape index (κ1) is 12.9. The normalized spacial score (nSPS) is 19.4. The van der Waals surface area contributed by atoms with Crippen molar-refractivity contribution in [1.82, 2.24) is 9.88 Å². The Labute approximate surface area is 115 Å². The Bertz CT molecular complexity index is 502. The zero-order valence-corrected chi connectivity index (χ0v) is 11.8. The fourth-order valence-corrected chi connectivity index (χ4v) is 3.24. The van der Waals surface area contributed by atoms with E-state index in [9.17, 15) is 4.79 Å². The minimum Gasteiger partial charge on any atom is -0.312 e. The molecule has 0 radical (unpaired) electrons. The van der Waals surface area contributed by atoms with E-state index in [0.29, 0.717) is 6.04 Å². The summed E-state index contributed by atoms with van der Waals surface area (Å²) >= 11 is 0. The highest BCUT2D eigenvalue weighted by Crippen LogP contribution is 2.33. The van der Waals surface area contributed by atoms with Crippen LogP contribution in [-0.4, -0.2) is 17.2 Å². The molecule has 19 heavy (non-hydrogen) atoms. The smallest absolute Gasteiger partial charge is 0.250 e. The van der Waals surface area contributed by atoms with Crippen molar-refractivity contribution >= 4 is 0 Å². The van der Waals surface area contributed by atoms with Crippen LogP contribution in [0.5, 0.6) is 0 Å². The second-order valence-corrected chi connectivity index (χ2v) is 6.01. The van der Waals surface area contributed by atoms with Crippen molar-refractivity contribution < 1.29 is 0 Å². The molecule has 1 aromatic heterocycles. The molecule has 0 aliphatic heterocycles. The van der Waals surface area contributed by atoms with Crippen LogP contribution in [0.1, 0.15) is 43.9 Å². The molecule has 0 saturated heterocycles. The molecular formula is C16H24N2O. The summed E-state index contributed by atoms with van der Waals surface area (Å²) < 4.78 is 2.05. The Hall–Kier alpha value is -1.09. The van der Waals surface area contributed by atoms with E-state index in [2.05, 4.69) is 12.2 Å². The summed E-state index contributed by atoms with van der Waals surface area (Å²) in [6, 6.07) is 4.28. The molecular weight excluding hydrogens is 236 g/mol. The highest BCUT2D eigenvalue weighted by molar-refractivity contribution is 5.26. The third kappa shape index (κ3) is 2.76. The Morgan fingerprint density at radius 2 is 2.21 bits per heavy atom. The van der Waals surface area contributed by atoms with Gasteiger partial charge in [-0.2, -0.15) is 0 Å². The van der Waals surface area contributed by atoms with E-state index in [0.717, 1.165) is 38.3 Å². The number of rotatable bonds is 6. The Kier molecular flexibility index (Phi) is 3.74. The van der Waals surface area contributed by atoms with Crippen molar-refractivity contribution in [2.75, 3.05) is 6.54 Å². The highest BCUT2D eigenvalue weighted by Gasteiger charge is 2.31. The van der Waals surface area contributed by atoms with Gasteiger partial charge in [0.2, 0.25) is 0 Å². The SMILES string of the molecule is CCCNC(Cn1c2c(ccc1=O)CCC2)C1CC1. The lowest BCUT2D eigenvalue weighted by Crippen LogP contribution is -2.39. The van der Waals surface area contributed by atoms with Crippen molar-refractivity contribution in [3.8, 4) is 0 Å². The van der Waals surface area contributed by atoms with Gasteiger partial charge in [-0.15, -0.1) is 0 Å². The second-order valence-electron chi connectivity index (χ2n) is 6.01. The molecule has 3 heteroatoms. The summed E-state index contributed by atoms with van der Waals surface area (Å²) in [5, 5.41) is 3.64. The molecule has 1 aromatic rings. The van der Waals surface area contributed by atoms with E-state index in [4.69, 9.17) is 0 Å². The van der Waals surface area contributed by atoms with Gasteiger partial charge < -0.3 is 9.88 Å². The first-order valence-corrected chi connectivity index (χ1v) is 7.74. The molecule has 2 aliphatic rings. The maximum absolute atomic E-state index is 12.2. The first-order chi connectivity index (χ1) is 9.29. The number of pyridine rings is 1. The van der Waals surface area contributed by atoms with Crippen LogP contribution in [0.4, 0.5) is 0 Å². The van der Waals surface area contributed by atoms with Gasteiger partial charge in [0.05, 0.1) is 0 Å². The monoisotopic (exact) mass is 260 g/mol.